The van der Waals surface area contributed by atoms with Crippen LogP contribution in [-0.2, 0) is 0 Å². The first-order valence-electron chi connectivity index (χ1n) is 6.67. The zero-order chi connectivity index (χ0) is 15.8. The van der Waals surface area contributed by atoms with Gasteiger partial charge in [0.25, 0.3) is 5.69 Å². The summed E-state index contributed by atoms with van der Waals surface area (Å²) in [4.78, 5) is 19.2. The smallest absolute Gasteiger partial charge is 0.280 e. The highest BCUT2D eigenvalue weighted by atomic mass is 32.1. The first kappa shape index (κ1) is 13.6. The SMILES string of the molecule is O=[N+]([O-])c1cc2c(cc1/C=C/c1nc3cnccc3s1)OCO2. The average molecular weight is 327 g/mol. The number of hydrogen-bond acceptors (Lipinski definition) is 7. The van der Waals surface area contributed by atoms with Gasteiger partial charge in [0.1, 0.15) is 10.5 Å². The van der Waals surface area contributed by atoms with Crippen LogP contribution in [-0.4, -0.2) is 21.7 Å². The number of rotatable bonds is 3. The van der Waals surface area contributed by atoms with E-state index in [0.29, 0.717) is 17.1 Å². The lowest BCUT2D eigenvalue weighted by molar-refractivity contribution is -0.385. The van der Waals surface area contributed by atoms with Crippen LogP contribution < -0.4 is 9.47 Å². The van der Waals surface area contributed by atoms with Crippen molar-refractivity contribution in [2.45, 2.75) is 0 Å². The molecule has 0 spiro atoms. The summed E-state index contributed by atoms with van der Waals surface area (Å²) in [5.41, 5.74) is 1.21. The normalized spacial score (nSPS) is 13.0. The van der Waals surface area contributed by atoms with Crippen LogP contribution in [0.5, 0.6) is 11.5 Å². The second kappa shape index (κ2) is 5.33. The zero-order valence-corrected chi connectivity index (χ0v) is 12.4. The zero-order valence-electron chi connectivity index (χ0n) is 11.6. The molecule has 1 aromatic carbocycles. The van der Waals surface area contributed by atoms with E-state index >= 15 is 0 Å². The van der Waals surface area contributed by atoms with Crippen molar-refractivity contribution in [2.24, 2.45) is 0 Å². The minimum Gasteiger partial charge on any atom is -0.454 e. The van der Waals surface area contributed by atoms with Crippen LogP contribution in [0.15, 0.2) is 30.6 Å². The molecule has 23 heavy (non-hydrogen) atoms. The standard InChI is InChI=1S/C15H9N3O4S/c19-18(20)11-6-13-12(21-8-22-13)5-9(11)1-2-15-17-10-7-16-4-3-14(10)23-15/h1-7H,8H2/b2-1+. The Morgan fingerprint density at radius 1 is 1.26 bits per heavy atom. The van der Waals surface area contributed by atoms with Gasteiger partial charge >= 0.3 is 0 Å². The first-order chi connectivity index (χ1) is 11.2. The van der Waals surface area contributed by atoms with Crippen LogP contribution >= 0.6 is 11.3 Å². The van der Waals surface area contributed by atoms with Crippen molar-refractivity contribution in [2.75, 3.05) is 6.79 Å². The Hall–Kier alpha value is -3.00. The van der Waals surface area contributed by atoms with Gasteiger partial charge in [0.2, 0.25) is 6.79 Å². The number of pyridine rings is 1. The van der Waals surface area contributed by atoms with Crippen molar-refractivity contribution in [3.63, 3.8) is 0 Å². The number of thiazole rings is 1. The summed E-state index contributed by atoms with van der Waals surface area (Å²) in [6.07, 6.45) is 6.79. The molecule has 0 radical (unpaired) electrons. The molecule has 8 heteroatoms. The molecular weight excluding hydrogens is 318 g/mol. The maximum absolute atomic E-state index is 11.2. The van der Waals surface area contributed by atoms with Crippen LogP contribution in [0.4, 0.5) is 5.69 Å². The maximum atomic E-state index is 11.2. The number of nitro groups is 1. The van der Waals surface area contributed by atoms with Gasteiger partial charge in [-0.15, -0.1) is 11.3 Å². The Balaban J connectivity index is 1.74. The highest BCUT2D eigenvalue weighted by molar-refractivity contribution is 7.19. The molecule has 4 rings (SSSR count). The molecule has 0 bridgehead atoms. The van der Waals surface area contributed by atoms with Crippen LogP contribution in [0.1, 0.15) is 10.6 Å². The van der Waals surface area contributed by atoms with Gasteiger partial charge in [-0.1, -0.05) is 0 Å². The van der Waals surface area contributed by atoms with Gasteiger partial charge in [0, 0.05) is 6.20 Å². The van der Waals surface area contributed by atoms with Crippen LogP contribution in [0.25, 0.3) is 22.4 Å². The largest absolute Gasteiger partial charge is 0.454 e. The number of nitrogens with zero attached hydrogens (tertiary/aromatic N) is 3. The lowest BCUT2D eigenvalue weighted by Gasteiger charge is -2.00. The number of ether oxygens (including phenoxy) is 2. The second-order valence-electron chi connectivity index (χ2n) is 4.75. The van der Waals surface area contributed by atoms with Crippen molar-refractivity contribution in [1.29, 1.82) is 0 Å². The van der Waals surface area contributed by atoms with E-state index < -0.39 is 4.92 Å². The van der Waals surface area contributed by atoms with Crippen molar-refractivity contribution in [1.82, 2.24) is 9.97 Å². The van der Waals surface area contributed by atoms with Crippen LogP contribution in [0, 0.1) is 10.1 Å². The van der Waals surface area contributed by atoms with Gasteiger partial charge in [-0.25, -0.2) is 4.98 Å². The third kappa shape index (κ3) is 2.49. The molecule has 1 aliphatic heterocycles. The van der Waals surface area contributed by atoms with Gasteiger partial charge in [0.15, 0.2) is 11.5 Å². The summed E-state index contributed by atoms with van der Waals surface area (Å²) in [5, 5.41) is 12.0. The highest BCUT2D eigenvalue weighted by Gasteiger charge is 2.22. The molecular formula is C15H9N3O4S. The average Bonchev–Trinajstić information content (AvgIpc) is 3.17. The minimum absolute atomic E-state index is 0.0340. The molecule has 0 atom stereocenters. The molecule has 0 N–H and O–H groups in total. The van der Waals surface area contributed by atoms with Gasteiger partial charge < -0.3 is 9.47 Å². The molecule has 0 fully saturated rings. The molecule has 7 nitrogen and oxygen atoms in total. The van der Waals surface area contributed by atoms with Crippen LogP contribution in [0.3, 0.4) is 0 Å². The van der Waals surface area contributed by atoms with Gasteiger partial charge in [0.05, 0.1) is 27.4 Å². The third-order valence-corrected chi connectivity index (χ3v) is 4.33. The molecule has 0 aliphatic carbocycles. The summed E-state index contributed by atoms with van der Waals surface area (Å²) in [5.74, 6) is 0.892. The molecule has 114 valence electrons. The predicted octanol–water partition coefficient (Wildman–Crippen LogP) is 3.50. The maximum Gasteiger partial charge on any atom is 0.280 e. The Morgan fingerprint density at radius 2 is 2.09 bits per heavy atom. The lowest BCUT2D eigenvalue weighted by atomic mass is 10.1. The Morgan fingerprint density at radius 3 is 2.87 bits per heavy atom. The van der Waals surface area contributed by atoms with Crippen molar-refractivity contribution < 1.29 is 14.4 Å². The topological polar surface area (TPSA) is 87.4 Å². The van der Waals surface area contributed by atoms with E-state index in [-0.39, 0.29) is 12.5 Å². The van der Waals surface area contributed by atoms with E-state index in [1.54, 1.807) is 30.6 Å². The summed E-state index contributed by atoms with van der Waals surface area (Å²) < 4.78 is 11.5. The molecule has 3 aromatic rings. The van der Waals surface area contributed by atoms with E-state index in [1.807, 2.05) is 6.07 Å². The van der Waals surface area contributed by atoms with E-state index in [2.05, 4.69) is 9.97 Å². The Labute approximate surface area is 134 Å². The van der Waals surface area contributed by atoms with E-state index in [0.717, 1.165) is 15.2 Å². The monoisotopic (exact) mass is 327 g/mol. The highest BCUT2D eigenvalue weighted by Crippen LogP contribution is 2.38. The number of nitro benzene ring substituents is 1. The lowest BCUT2D eigenvalue weighted by Crippen LogP contribution is -1.93. The van der Waals surface area contributed by atoms with Gasteiger partial charge in [-0.05, 0) is 24.3 Å². The fraction of sp³-hybridized carbons (Fsp3) is 0.0667. The van der Waals surface area contributed by atoms with Crippen molar-refractivity contribution in [3.8, 4) is 11.5 Å². The molecule has 0 amide bonds. The Bertz CT molecular complexity index is 918. The quantitative estimate of drug-likeness (QED) is 0.540. The molecule has 0 saturated heterocycles. The fourth-order valence-corrected chi connectivity index (χ4v) is 3.11. The molecule has 0 saturated carbocycles. The Kier molecular flexibility index (Phi) is 3.16. The predicted molar refractivity (Wildman–Crippen MR) is 85.6 cm³/mol. The number of aromatic nitrogens is 2. The molecule has 3 heterocycles. The van der Waals surface area contributed by atoms with Crippen molar-refractivity contribution in [3.05, 3.63) is 51.3 Å². The summed E-state index contributed by atoms with van der Waals surface area (Å²) >= 11 is 1.49. The van der Waals surface area contributed by atoms with E-state index in [1.165, 1.54) is 17.4 Å². The first-order valence-corrected chi connectivity index (χ1v) is 7.49. The van der Waals surface area contributed by atoms with Crippen molar-refractivity contribution >= 4 is 39.4 Å². The third-order valence-electron chi connectivity index (χ3n) is 3.33. The number of benzene rings is 1. The molecule has 2 aromatic heterocycles. The second-order valence-corrected chi connectivity index (χ2v) is 5.81. The van der Waals surface area contributed by atoms with E-state index in [4.69, 9.17) is 9.47 Å². The number of fused-ring (bicyclic) bond motifs is 2. The summed E-state index contributed by atoms with van der Waals surface area (Å²) in [7, 11) is 0. The van der Waals surface area contributed by atoms with Gasteiger partial charge in [-0.3, -0.25) is 15.1 Å². The van der Waals surface area contributed by atoms with Gasteiger partial charge in [-0.2, -0.15) is 0 Å². The molecule has 1 aliphatic rings. The van der Waals surface area contributed by atoms with E-state index in [9.17, 15) is 10.1 Å². The summed E-state index contributed by atoms with van der Waals surface area (Å²) in [6, 6.07) is 4.86. The fourth-order valence-electron chi connectivity index (χ4n) is 2.27. The molecule has 0 unspecified atom stereocenters. The number of hydrogen-bond donors (Lipinski definition) is 0. The minimum atomic E-state index is -0.441. The van der Waals surface area contributed by atoms with Crippen LogP contribution in [0.2, 0.25) is 0 Å². The summed E-state index contributed by atoms with van der Waals surface area (Å²) in [6.45, 7) is 0.0739.